The van der Waals surface area contributed by atoms with E-state index in [-0.39, 0.29) is 11.8 Å². The van der Waals surface area contributed by atoms with Crippen molar-refractivity contribution in [3.8, 4) is 5.75 Å². The molecule has 1 fully saturated rings. The number of ether oxygens (including phenoxy) is 1. The van der Waals surface area contributed by atoms with Gasteiger partial charge in [0, 0.05) is 24.0 Å². The monoisotopic (exact) mass is 364 g/mol. The van der Waals surface area contributed by atoms with Gasteiger partial charge in [-0.25, -0.2) is 0 Å². The Morgan fingerprint density at radius 3 is 2.33 bits per heavy atom. The zero-order chi connectivity index (χ0) is 17.4. The molecular weight excluding hydrogens is 347 g/mol. The van der Waals surface area contributed by atoms with Gasteiger partial charge in [0.05, 0.1) is 0 Å². The Morgan fingerprint density at radius 2 is 1.79 bits per heavy atom. The van der Waals surface area contributed by atoms with Gasteiger partial charge in [-0.05, 0) is 50.1 Å². The summed E-state index contributed by atoms with van der Waals surface area (Å²) in [7, 11) is 0. The standard InChI is InChI=1S/C18H18Cl2N2O2/c1-17(2,16(23)22-13-7-9-21-10-8-13)24-14-5-3-12(4-6-14)15-11-18(15,19)20/h3-10,15H,11H2,1-2H3,(H,21,22,23)/t15-/m0/s1. The minimum absolute atomic E-state index is 0.165. The number of hydrogen-bond donors (Lipinski definition) is 1. The highest BCUT2D eigenvalue weighted by Crippen LogP contribution is 2.59. The van der Waals surface area contributed by atoms with Crippen molar-refractivity contribution in [2.45, 2.75) is 36.1 Å². The lowest BCUT2D eigenvalue weighted by atomic mass is 10.1. The summed E-state index contributed by atoms with van der Waals surface area (Å²) in [5.74, 6) is 0.544. The molecule has 1 heterocycles. The lowest BCUT2D eigenvalue weighted by Crippen LogP contribution is -2.42. The normalized spacial score (nSPS) is 18.8. The summed E-state index contributed by atoms with van der Waals surface area (Å²) in [6.07, 6.45) is 4.00. The average Bonchev–Trinajstić information content (AvgIpc) is 3.17. The molecule has 1 saturated carbocycles. The van der Waals surface area contributed by atoms with Crippen molar-refractivity contribution in [3.63, 3.8) is 0 Å². The molecule has 1 aliphatic carbocycles. The van der Waals surface area contributed by atoms with Gasteiger partial charge in [-0.15, -0.1) is 23.2 Å². The first-order valence-corrected chi connectivity index (χ1v) is 8.42. The van der Waals surface area contributed by atoms with Crippen LogP contribution in [0.2, 0.25) is 0 Å². The third kappa shape index (κ3) is 3.82. The van der Waals surface area contributed by atoms with Crippen molar-refractivity contribution in [2.24, 2.45) is 0 Å². The summed E-state index contributed by atoms with van der Waals surface area (Å²) in [5, 5.41) is 2.81. The molecule has 1 aliphatic rings. The molecule has 0 unspecified atom stereocenters. The Morgan fingerprint density at radius 1 is 1.21 bits per heavy atom. The molecule has 1 aromatic carbocycles. The predicted octanol–water partition coefficient (Wildman–Crippen LogP) is 4.54. The van der Waals surface area contributed by atoms with Gasteiger partial charge in [-0.3, -0.25) is 9.78 Å². The van der Waals surface area contributed by atoms with Crippen LogP contribution in [0.25, 0.3) is 0 Å². The zero-order valence-corrected chi connectivity index (χ0v) is 14.9. The number of amides is 1. The fraction of sp³-hybridized carbons (Fsp3) is 0.333. The number of carbonyl (C=O) groups excluding carboxylic acids is 1. The minimum Gasteiger partial charge on any atom is -0.478 e. The molecule has 126 valence electrons. The number of nitrogens with zero attached hydrogens (tertiary/aromatic N) is 1. The number of pyridine rings is 1. The SMILES string of the molecule is CC(C)(Oc1ccc([C@@H]2CC2(Cl)Cl)cc1)C(=O)Nc1ccncc1. The lowest BCUT2D eigenvalue weighted by molar-refractivity contribution is -0.128. The quantitative estimate of drug-likeness (QED) is 0.792. The maximum Gasteiger partial charge on any atom is 0.267 e. The van der Waals surface area contributed by atoms with E-state index in [1.54, 1.807) is 38.4 Å². The summed E-state index contributed by atoms with van der Waals surface area (Å²) in [6.45, 7) is 3.45. The molecule has 2 aromatic rings. The molecule has 0 radical (unpaired) electrons. The second kappa shape index (κ2) is 6.26. The molecular formula is C18H18Cl2N2O2. The van der Waals surface area contributed by atoms with E-state index in [1.165, 1.54) is 0 Å². The largest absolute Gasteiger partial charge is 0.478 e. The third-order valence-corrected chi connectivity index (χ3v) is 4.80. The van der Waals surface area contributed by atoms with Crippen molar-refractivity contribution in [2.75, 3.05) is 5.32 Å². The molecule has 0 saturated heterocycles. The molecule has 6 heteroatoms. The molecule has 1 aromatic heterocycles. The Balaban J connectivity index is 1.64. The van der Waals surface area contributed by atoms with Gasteiger partial charge in [-0.2, -0.15) is 0 Å². The highest BCUT2D eigenvalue weighted by Gasteiger charge is 2.52. The van der Waals surface area contributed by atoms with Crippen LogP contribution in [-0.4, -0.2) is 20.8 Å². The second-order valence-electron chi connectivity index (χ2n) is 6.39. The smallest absolute Gasteiger partial charge is 0.267 e. The van der Waals surface area contributed by atoms with E-state index in [2.05, 4.69) is 10.3 Å². The first-order valence-electron chi connectivity index (χ1n) is 7.66. The molecule has 0 spiro atoms. The van der Waals surface area contributed by atoms with Crippen LogP contribution in [0.5, 0.6) is 5.75 Å². The van der Waals surface area contributed by atoms with Crippen LogP contribution < -0.4 is 10.1 Å². The minimum atomic E-state index is -1.02. The molecule has 3 rings (SSSR count). The van der Waals surface area contributed by atoms with Gasteiger partial charge in [-0.1, -0.05) is 12.1 Å². The first kappa shape index (κ1) is 17.1. The van der Waals surface area contributed by atoms with Crippen LogP contribution in [0.1, 0.15) is 31.7 Å². The van der Waals surface area contributed by atoms with Gasteiger partial charge in [0.2, 0.25) is 0 Å². The molecule has 1 N–H and O–H groups in total. The number of aromatic nitrogens is 1. The number of rotatable bonds is 5. The highest BCUT2D eigenvalue weighted by atomic mass is 35.5. The fourth-order valence-corrected chi connectivity index (χ4v) is 2.96. The van der Waals surface area contributed by atoms with Gasteiger partial charge in [0.25, 0.3) is 5.91 Å². The van der Waals surface area contributed by atoms with E-state index >= 15 is 0 Å². The van der Waals surface area contributed by atoms with Crippen LogP contribution in [0, 0.1) is 0 Å². The van der Waals surface area contributed by atoms with E-state index < -0.39 is 9.93 Å². The van der Waals surface area contributed by atoms with Gasteiger partial charge in [0.15, 0.2) is 5.60 Å². The molecule has 1 amide bonds. The summed E-state index contributed by atoms with van der Waals surface area (Å²) in [5.41, 5.74) is 0.732. The van der Waals surface area contributed by atoms with Crippen LogP contribution in [0.15, 0.2) is 48.8 Å². The average molecular weight is 365 g/mol. The number of hydrogen-bond acceptors (Lipinski definition) is 3. The van der Waals surface area contributed by atoms with Crippen LogP contribution >= 0.6 is 23.2 Å². The maximum atomic E-state index is 12.4. The summed E-state index contributed by atoms with van der Waals surface area (Å²) in [6, 6.07) is 11.0. The van der Waals surface area contributed by atoms with Crippen LogP contribution in [0.4, 0.5) is 5.69 Å². The van der Waals surface area contributed by atoms with E-state index in [0.717, 1.165) is 12.0 Å². The Kier molecular flexibility index (Phi) is 4.45. The van der Waals surface area contributed by atoms with Crippen LogP contribution in [-0.2, 0) is 4.79 Å². The van der Waals surface area contributed by atoms with Crippen molar-refractivity contribution in [1.82, 2.24) is 4.98 Å². The molecule has 24 heavy (non-hydrogen) atoms. The predicted molar refractivity (Wildman–Crippen MR) is 95.8 cm³/mol. The number of alkyl halides is 2. The molecule has 1 atom stereocenters. The lowest BCUT2D eigenvalue weighted by Gasteiger charge is -2.25. The van der Waals surface area contributed by atoms with E-state index in [0.29, 0.717) is 11.4 Å². The number of nitrogens with one attached hydrogen (secondary N) is 1. The van der Waals surface area contributed by atoms with Crippen molar-refractivity contribution < 1.29 is 9.53 Å². The number of carbonyl (C=O) groups is 1. The van der Waals surface area contributed by atoms with Gasteiger partial charge in [0.1, 0.15) is 10.1 Å². The summed E-state index contributed by atoms with van der Waals surface area (Å²) >= 11 is 12.2. The van der Waals surface area contributed by atoms with Gasteiger partial charge >= 0.3 is 0 Å². The maximum absolute atomic E-state index is 12.4. The number of benzene rings is 1. The van der Waals surface area contributed by atoms with Crippen molar-refractivity contribution in [3.05, 3.63) is 54.4 Å². The van der Waals surface area contributed by atoms with Crippen molar-refractivity contribution >= 4 is 34.8 Å². The highest BCUT2D eigenvalue weighted by molar-refractivity contribution is 6.51. The Labute approximate surface area is 151 Å². The van der Waals surface area contributed by atoms with Gasteiger partial charge < -0.3 is 10.1 Å². The second-order valence-corrected chi connectivity index (χ2v) is 7.93. The Bertz CT molecular complexity index is 730. The van der Waals surface area contributed by atoms with E-state index in [1.807, 2.05) is 24.3 Å². The molecule has 4 nitrogen and oxygen atoms in total. The summed E-state index contributed by atoms with van der Waals surface area (Å²) in [4.78, 5) is 16.3. The van der Waals surface area contributed by atoms with E-state index in [9.17, 15) is 4.79 Å². The Hall–Kier alpha value is -1.78. The zero-order valence-electron chi connectivity index (χ0n) is 13.4. The molecule has 0 aliphatic heterocycles. The third-order valence-electron chi connectivity index (χ3n) is 3.97. The topological polar surface area (TPSA) is 51.2 Å². The fourth-order valence-electron chi connectivity index (χ4n) is 2.40. The first-order chi connectivity index (χ1) is 11.3. The summed E-state index contributed by atoms with van der Waals surface area (Å²) < 4.78 is 5.20. The number of halogens is 2. The van der Waals surface area contributed by atoms with Crippen molar-refractivity contribution in [1.29, 1.82) is 0 Å². The molecule has 0 bridgehead atoms. The number of anilines is 1. The van der Waals surface area contributed by atoms with E-state index in [4.69, 9.17) is 27.9 Å². The van der Waals surface area contributed by atoms with Crippen LogP contribution in [0.3, 0.4) is 0 Å².